The van der Waals surface area contributed by atoms with Crippen LogP contribution in [0, 0.1) is 0 Å². The summed E-state index contributed by atoms with van der Waals surface area (Å²) in [6.45, 7) is 0.289. The van der Waals surface area contributed by atoms with Crippen molar-refractivity contribution in [2.75, 3.05) is 11.9 Å². The number of hydrogen-bond donors (Lipinski definition) is 2. The quantitative estimate of drug-likeness (QED) is 0.733. The van der Waals surface area contributed by atoms with Gasteiger partial charge in [0.05, 0.1) is 18.3 Å². The van der Waals surface area contributed by atoms with Crippen molar-refractivity contribution in [1.29, 1.82) is 0 Å². The van der Waals surface area contributed by atoms with Crippen molar-refractivity contribution in [3.8, 4) is 5.75 Å². The fraction of sp³-hybridized carbons (Fsp3) is 0.318. The van der Waals surface area contributed by atoms with Gasteiger partial charge in [-0.25, -0.2) is 0 Å². The highest BCUT2D eigenvalue weighted by molar-refractivity contribution is 6.05. The maximum atomic E-state index is 13.0. The number of alkyl halides is 3. The molecular formula is C22H20F3NO3. The molecule has 0 saturated carbocycles. The molecule has 1 aliphatic heterocycles. The van der Waals surface area contributed by atoms with Gasteiger partial charge in [0.2, 0.25) is 5.91 Å². The van der Waals surface area contributed by atoms with Crippen molar-refractivity contribution in [2.24, 2.45) is 0 Å². The lowest BCUT2D eigenvalue weighted by atomic mass is 9.99. The zero-order valence-electron chi connectivity index (χ0n) is 15.6. The standard InChI is InChI=1S/C22H20F3NO3/c23-22(24,25)15-6-7-17-14(4-2-8-29-20(17)11-15)10-21(28)26-19-5-1-3-13-9-16(27)12-18(13)19/h1,3,5-7,10-11,16,27H,2,4,8-9,12H2,(H,26,28). The Morgan fingerprint density at radius 1 is 1.21 bits per heavy atom. The maximum Gasteiger partial charge on any atom is 0.416 e. The van der Waals surface area contributed by atoms with E-state index < -0.39 is 17.8 Å². The predicted molar refractivity (Wildman–Crippen MR) is 103 cm³/mol. The monoisotopic (exact) mass is 403 g/mol. The molecule has 0 spiro atoms. The van der Waals surface area contributed by atoms with Gasteiger partial charge in [-0.1, -0.05) is 18.2 Å². The lowest BCUT2D eigenvalue weighted by Gasteiger charge is -2.13. The number of hydrogen-bond acceptors (Lipinski definition) is 3. The van der Waals surface area contributed by atoms with E-state index in [0.717, 1.165) is 23.3 Å². The molecule has 0 fully saturated rings. The summed E-state index contributed by atoms with van der Waals surface area (Å²) in [5.74, 6) is -0.220. The number of allylic oxidation sites excluding steroid dienone is 1. The third-order valence-corrected chi connectivity index (χ3v) is 5.23. The molecule has 2 aromatic carbocycles. The Kier molecular flexibility index (Phi) is 5.08. The first kappa shape index (κ1) is 19.5. The van der Waals surface area contributed by atoms with Crippen LogP contribution in [-0.2, 0) is 23.8 Å². The first-order chi connectivity index (χ1) is 13.8. The summed E-state index contributed by atoms with van der Waals surface area (Å²) in [6, 6.07) is 8.89. The highest BCUT2D eigenvalue weighted by Gasteiger charge is 2.32. The third kappa shape index (κ3) is 4.15. The van der Waals surface area contributed by atoms with Gasteiger partial charge in [0.1, 0.15) is 5.75 Å². The molecule has 1 atom stereocenters. The highest BCUT2D eigenvalue weighted by Crippen LogP contribution is 2.38. The molecule has 0 radical (unpaired) electrons. The minimum absolute atomic E-state index is 0.139. The average molecular weight is 403 g/mol. The number of rotatable bonds is 2. The summed E-state index contributed by atoms with van der Waals surface area (Å²) < 4.78 is 44.5. The van der Waals surface area contributed by atoms with E-state index in [1.54, 1.807) is 6.07 Å². The van der Waals surface area contributed by atoms with Crippen LogP contribution in [0.25, 0.3) is 5.57 Å². The number of aliphatic hydroxyl groups is 1. The number of anilines is 1. The second-order valence-electron chi connectivity index (χ2n) is 7.32. The minimum atomic E-state index is -4.45. The molecule has 1 unspecified atom stereocenters. The Hall–Kier alpha value is -2.80. The lowest BCUT2D eigenvalue weighted by molar-refractivity contribution is -0.137. The van der Waals surface area contributed by atoms with Crippen molar-refractivity contribution >= 4 is 17.2 Å². The minimum Gasteiger partial charge on any atom is -0.493 e. The smallest absolute Gasteiger partial charge is 0.416 e. The van der Waals surface area contributed by atoms with E-state index in [1.165, 1.54) is 12.1 Å². The fourth-order valence-corrected chi connectivity index (χ4v) is 3.89. The average Bonchev–Trinajstić information content (AvgIpc) is 2.93. The van der Waals surface area contributed by atoms with Crippen LogP contribution in [0.3, 0.4) is 0 Å². The number of aliphatic hydroxyl groups excluding tert-OH is 1. The molecule has 0 bridgehead atoms. The lowest BCUT2D eigenvalue weighted by Crippen LogP contribution is -2.11. The van der Waals surface area contributed by atoms with Crippen LogP contribution in [-0.4, -0.2) is 23.7 Å². The second-order valence-corrected chi connectivity index (χ2v) is 7.32. The number of carbonyl (C=O) groups excluding carboxylic acids is 1. The van der Waals surface area contributed by atoms with Gasteiger partial charge in [-0.3, -0.25) is 4.79 Å². The van der Waals surface area contributed by atoms with Crippen molar-refractivity contribution in [3.63, 3.8) is 0 Å². The van der Waals surface area contributed by atoms with E-state index in [9.17, 15) is 23.1 Å². The van der Waals surface area contributed by atoms with Gasteiger partial charge < -0.3 is 15.2 Å². The first-order valence-electron chi connectivity index (χ1n) is 9.46. The summed E-state index contributed by atoms with van der Waals surface area (Å²) >= 11 is 0. The molecule has 2 aromatic rings. The molecule has 1 heterocycles. The molecule has 4 nitrogen and oxygen atoms in total. The van der Waals surface area contributed by atoms with E-state index in [-0.39, 0.29) is 18.3 Å². The molecular weight excluding hydrogens is 383 g/mol. The Morgan fingerprint density at radius 3 is 2.83 bits per heavy atom. The summed E-state index contributed by atoms with van der Waals surface area (Å²) in [7, 11) is 0. The van der Waals surface area contributed by atoms with E-state index in [2.05, 4.69) is 5.32 Å². The normalized spacial score (nSPS) is 19.9. The fourth-order valence-electron chi connectivity index (χ4n) is 3.89. The highest BCUT2D eigenvalue weighted by atomic mass is 19.4. The molecule has 4 rings (SSSR count). The van der Waals surface area contributed by atoms with Crippen LogP contribution in [0.5, 0.6) is 5.75 Å². The van der Waals surface area contributed by atoms with Crippen molar-refractivity contribution < 1.29 is 27.8 Å². The topological polar surface area (TPSA) is 58.6 Å². The van der Waals surface area contributed by atoms with E-state index in [4.69, 9.17) is 4.74 Å². The predicted octanol–water partition coefficient (Wildman–Crippen LogP) is 4.36. The van der Waals surface area contributed by atoms with Crippen LogP contribution in [0.2, 0.25) is 0 Å². The van der Waals surface area contributed by atoms with Crippen LogP contribution >= 0.6 is 0 Å². The van der Waals surface area contributed by atoms with E-state index >= 15 is 0 Å². The molecule has 1 aliphatic carbocycles. The third-order valence-electron chi connectivity index (χ3n) is 5.23. The van der Waals surface area contributed by atoms with Gasteiger partial charge in [-0.15, -0.1) is 0 Å². The zero-order chi connectivity index (χ0) is 20.6. The summed E-state index contributed by atoms with van der Waals surface area (Å²) in [5, 5.41) is 12.7. The molecule has 2 N–H and O–H groups in total. The molecule has 0 aromatic heterocycles. The Morgan fingerprint density at radius 2 is 2.03 bits per heavy atom. The van der Waals surface area contributed by atoms with Crippen molar-refractivity contribution in [2.45, 2.75) is 38.0 Å². The zero-order valence-corrected chi connectivity index (χ0v) is 15.6. The molecule has 2 aliphatic rings. The number of fused-ring (bicyclic) bond motifs is 2. The summed E-state index contributed by atoms with van der Waals surface area (Å²) in [6.07, 6.45) is -1.31. The van der Waals surface area contributed by atoms with Gasteiger partial charge in [0, 0.05) is 23.7 Å². The van der Waals surface area contributed by atoms with Crippen molar-refractivity contribution in [3.05, 3.63) is 64.7 Å². The Balaban J connectivity index is 1.61. The van der Waals surface area contributed by atoms with Crippen LogP contribution in [0.1, 0.15) is 35.1 Å². The largest absolute Gasteiger partial charge is 0.493 e. The number of halogens is 3. The number of carbonyl (C=O) groups is 1. The number of ether oxygens (including phenoxy) is 1. The molecule has 1 amide bonds. The Labute approximate surface area is 166 Å². The van der Waals surface area contributed by atoms with E-state index in [0.29, 0.717) is 42.5 Å². The summed E-state index contributed by atoms with van der Waals surface area (Å²) in [4.78, 5) is 12.6. The van der Waals surface area contributed by atoms with Gasteiger partial charge in [0.15, 0.2) is 0 Å². The number of amides is 1. The van der Waals surface area contributed by atoms with Gasteiger partial charge in [0.25, 0.3) is 0 Å². The van der Waals surface area contributed by atoms with Gasteiger partial charge >= 0.3 is 6.18 Å². The first-order valence-corrected chi connectivity index (χ1v) is 9.46. The van der Waals surface area contributed by atoms with Crippen LogP contribution < -0.4 is 10.1 Å². The van der Waals surface area contributed by atoms with Crippen LogP contribution in [0.4, 0.5) is 18.9 Å². The number of benzene rings is 2. The second kappa shape index (κ2) is 7.55. The van der Waals surface area contributed by atoms with Gasteiger partial charge in [-0.2, -0.15) is 13.2 Å². The number of nitrogens with one attached hydrogen (secondary N) is 1. The Bertz CT molecular complexity index is 982. The maximum absolute atomic E-state index is 13.0. The molecule has 7 heteroatoms. The SMILES string of the molecule is O=C(C=C1CCCOc2cc(C(F)(F)F)ccc21)Nc1cccc2c1CC(O)C2. The molecule has 29 heavy (non-hydrogen) atoms. The van der Waals surface area contributed by atoms with Crippen LogP contribution in [0.15, 0.2) is 42.5 Å². The molecule has 152 valence electrons. The molecule has 0 saturated heterocycles. The van der Waals surface area contributed by atoms with Gasteiger partial charge in [-0.05, 0) is 54.2 Å². The van der Waals surface area contributed by atoms with E-state index in [1.807, 2.05) is 12.1 Å². The summed E-state index contributed by atoms with van der Waals surface area (Å²) in [5.41, 5.74) is 2.94. The van der Waals surface area contributed by atoms with Crippen molar-refractivity contribution in [1.82, 2.24) is 0 Å².